The number of hydrogen-bond acceptors (Lipinski definition) is 1. The van der Waals surface area contributed by atoms with Crippen LogP contribution in [0.5, 0.6) is 11.5 Å². The molecule has 0 amide bonds. The molecule has 0 unspecified atom stereocenters. The number of fused-ring (bicyclic) bond motifs is 6. The topological polar surface area (TPSA) is 14.2 Å². The molecule has 8 aromatic rings. The second-order valence-corrected chi connectivity index (χ2v) is 10.6. The summed E-state index contributed by atoms with van der Waals surface area (Å²) in [7, 11) is 0. The number of rotatable bonds is 2. The Morgan fingerprint density at radius 2 is 1.18 bits per heavy atom. The number of para-hydroxylation sites is 2. The van der Waals surface area contributed by atoms with E-state index >= 15 is 0 Å². The molecule has 2 heteroatoms. The lowest BCUT2D eigenvalue weighted by Gasteiger charge is -2.22. The summed E-state index contributed by atoms with van der Waals surface area (Å²) in [5.74, 6) is 1.83. The van der Waals surface area contributed by atoms with E-state index in [9.17, 15) is 0 Å². The maximum Gasteiger partial charge on any atom is 0.135 e. The average molecular weight is 510 g/mol. The molecule has 1 aliphatic rings. The van der Waals surface area contributed by atoms with Crippen LogP contribution in [0.1, 0.15) is 0 Å². The van der Waals surface area contributed by atoms with Crippen molar-refractivity contribution >= 4 is 43.4 Å². The third kappa shape index (κ3) is 2.99. The van der Waals surface area contributed by atoms with Crippen LogP contribution in [0.4, 0.5) is 0 Å². The molecule has 7 aromatic carbocycles. The Morgan fingerprint density at radius 3 is 2.12 bits per heavy atom. The summed E-state index contributed by atoms with van der Waals surface area (Å²) in [6.07, 6.45) is 0. The van der Waals surface area contributed by atoms with Crippen molar-refractivity contribution in [3.05, 3.63) is 140 Å². The van der Waals surface area contributed by atoms with Gasteiger partial charge in [-0.05, 0) is 75.3 Å². The molecule has 0 N–H and O–H groups in total. The Hall–Kier alpha value is -5.34. The quantitative estimate of drug-likeness (QED) is 0.226. The zero-order chi connectivity index (χ0) is 26.2. The molecule has 186 valence electrons. The van der Waals surface area contributed by atoms with Crippen LogP contribution in [-0.2, 0) is 0 Å². The highest BCUT2D eigenvalue weighted by atomic mass is 16.5. The Kier molecular flexibility index (Phi) is 4.36. The fraction of sp³-hybridized carbons (Fsp3) is 0. The van der Waals surface area contributed by atoms with E-state index in [4.69, 9.17) is 4.74 Å². The molecule has 1 aliphatic heterocycles. The fourth-order valence-electron chi connectivity index (χ4n) is 6.58. The van der Waals surface area contributed by atoms with Gasteiger partial charge in [0.25, 0.3) is 0 Å². The number of nitrogens with zero attached hydrogens (tertiary/aromatic N) is 1. The van der Waals surface area contributed by atoms with E-state index in [-0.39, 0.29) is 0 Å². The van der Waals surface area contributed by atoms with Gasteiger partial charge < -0.3 is 9.30 Å². The fourth-order valence-corrected chi connectivity index (χ4v) is 6.58. The first-order chi connectivity index (χ1) is 19.8. The Balaban J connectivity index is 1.29. The maximum absolute atomic E-state index is 6.35. The SMILES string of the molecule is c1cc(-c2ccc3c4c(cccc24)-c2ccccc2O3)cc(-n2c3ccccc3c3cc4ccccc4cc32)c1. The van der Waals surface area contributed by atoms with Crippen LogP contribution in [0.3, 0.4) is 0 Å². The van der Waals surface area contributed by atoms with Gasteiger partial charge in [-0.2, -0.15) is 0 Å². The minimum absolute atomic E-state index is 0.913. The Morgan fingerprint density at radius 1 is 0.425 bits per heavy atom. The predicted molar refractivity (Wildman–Crippen MR) is 167 cm³/mol. The van der Waals surface area contributed by atoms with E-state index in [1.54, 1.807) is 0 Å². The summed E-state index contributed by atoms with van der Waals surface area (Å²) in [5, 5.41) is 7.43. The normalized spacial score (nSPS) is 12.2. The number of hydrogen-bond donors (Lipinski definition) is 0. The van der Waals surface area contributed by atoms with Crippen molar-refractivity contribution in [3.8, 4) is 39.4 Å². The molecule has 9 rings (SSSR count). The minimum atomic E-state index is 0.913. The van der Waals surface area contributed by atoms with Crippen LogP contribution in [-0.4, -0.2) is 4.57 Å². The maximum atomic E-state index is 6.35. The molecular weight excluding hydrogens is 486 g/mol. The number of aromatic nitrogens is 1. The van der Waals surface area contributed by atoms with Gasteiger partial charge in [-0.25, -0.2) is 0 Å². The van der Waals surface area contributed by atoms with Gasteiger partial charge in [-0.1, -0.05) is 97.1 Å². The van der Waals surface area contributed by atoms with Gasteiger partial charge in [0.05, 0.1) is 11.0 Å². The molecule has 0 atom stereocenters. The molecule has 0 fully saturated rings. The summed E-state index contributed by atoms with van der Waals surface area (Å²) < 4.78 is 8.76. The van der Waals surface area contributed by atoms with Gasteiger partial charge in [0.2, 0.25) is 0 Å². The zero-order valence-corrected chi connectivity index (χ0v) is 21.6. The number of benzene rings is 7. The van der Waals surface area contributed by atoms with Gasteiger partial charge in [0.15, 0.2) is 0 Å². The Labute approximate surface area is 231 Å². The van der Waals surface area contributed by atoms with Gasteiger partial charge in [0, 0.05) is 27.4 Å². The first kappa shape index (κ1) is 21.6. The summed E-state index contributed by atoms with van der Waals surface area (Å²) in [6.45, 7) is 0. The molecule has 40 heavy (non-hydrogen) atoms. The minimum Gasteiger partial charge on any atom is -0.456 e. The molecule has 2 heterocycles. The lowest BCUT2D eigenvalue weighted by Crippen LogP contribution is -1.98. The third-order valence-corrected chi connectivity index (χ3v) is 8.35. The van der Waals surface area contributed by atoms with E-state index in [0.29, 0.717) is 0 Å². The smallest absolute Gasteiger partial charge is 0.135 e. The van der Waals surface area contributed by atoms with Crippen molar-refractivity contribution in [2.45, 2.75) is 0 Å². The van der Waals surface area contributed by atoms with E-state index < -0.39 is 0 Å². The lowest BCUT2D eigenvalue weighted by molar-refractivity contribution is 0.487. The zero-order valence-electron chi connectivity index (χ0n) is 21.6. The third-order valence-electron chi connectivity index (χ3n) is 8.35. The molecule has 0 bridgehead atoms. The number of ether oxygens (including phenoxy) is 1. The monoisotopic (exact) mass is 509 g/mol. The van der Waals surface area contributed by atoms with Gasteiger partial charge in [-0.15, -0.1) is 0 Å². The van der Waals surface area contributed by atoms with Crippen molar-refractivity contribution in [1.82, 2.24) is 4.57 Å². The first-order valence-electron chi connectivity index (χ1n) is 13.7. The van der Waals surface area contributed by atoms with Crippen LogP contribution < -0.4 is 4.74 Å². The molecule has 0 spiro atoms. The molecule has 2 nitrogen and oxygen atoms in total. The van der Waals surface area contributed by atoms with Crippen molar-refractivity contribution in [2.24, 2.45) is 0 Å². The van der Waals surface area contributed by atoms with E-state index in [1.165, 1.54) is 60.0 Å². The molecule has 0 aliphatic carbocycles. The summed E-state index contributed by atoms with van der Waals surface area (Å²) >= 11 is 0. The van der Waals surface area contributed by atoms with E-state index in [0.717, 1.165) is 22.7 Å². The summed E-state index contributed by atoms with van der Waals surface area (Å²) in [4.78, 5) is 0. The Bertz CT molecular complexity index is 2310. The van der Waals surface area contributed by atoms with Crippen LogP contribution in [0.25, 0.3) is 71.3 Å². The van der Waals surface area contributed by atoms with Crippen LogP contribution in [0.2, 0.25) is 0 Å². The van der Waals surface area contributed by atoms with Crippen LogP contribution in [0.15, 0.2) is 140 Å². The highest BCUT2D eigenvalue weighted by molar-refractivity contribution is 6.14. The molecule has 0 saturated heterocycles. The molecule has 1 aromatic heterocycles. The highest BCUT2D eigenvalue weighted by Crippen LogP contribution is 2.48. The second kappa shape index (κ2) is 8.08. The lowest BCUT2D eigenvalue weighted by atomic mass is 9.90. The summed E-state index contributed by atoms with van der Waals surface area (Å²) in [6, 6.07) is 50.1. The molecule has 0 saturated carbocycles. The van der Waals surface area contributed by atoms with Crippen LogP contribution >= 0.6 is 0 Å². The van der Waals surface area contributed by atoms with Crippen LogP contribution in [0, 0.1) is 0 Å². The van der Waals surface area contributed by atoms with E-state index in [1.807, 2.05) is 12.1 Å². The average Bonchev–Trinajstić information content (AvgIpc) is 3.33. The second-order valence-electron chi connectivity index (χ2n) is 10.6. The predicted octanol–water partition coefficient (Wildman–Crippen LogP) is 10.5. The van der Waals surface area contributed by atoms with Gasteiger partial charge >= 0.3 is 0 Å². The molecule has 0 radical (unpaired) electrons. The van der Waals surface area contributed by atoms with E-state index in [2.05, 4.69) is 132 Å². The van der Waals surface area contributed by atoms with Crippen molar-refractivity contribution in [2.75, 3.05) is 0 Å². The highest BCUT2D eigenvalue weighted by Gasteiger charge is 2.21. The van der Waals surface area contributed by atoms with Gasteiger partial charge in [0.1, 0.15) is 11.5 Å². The first-order valence-corrected chi connectivity index (χ1v) is 13.7. The standard InChI is InChI=1S/C38H23NO/c1-2-10-25-23-35-33(22-24(25)9-1)29-13-3-5-17-34(29)39(35)27-12-7-11-26(21-27)28-19-20-37-38-31(28)15-8-16-32(38)30-14-4-6-18-36(30)40-37/h1-23H. The molecular formula is C38H23NO. The van der Waals surface area contributed by atoms with Crippen molar-refractivity contribution in [1.29, 1.82) is 0 Å². The van der Waals surface area contributed by atoms with Crippen molar-refractivity contribution < 1.29 is 4.74 Å². The van der Waals surface area contributed by atoms with Crippen molar-refractivity contribution in [3.63, 3.8) is 0 Å². The van der Waals surface area contributed by atoms with Gasteiger partial charge in [-0.3, -0.25) is 0 Å². The largest absolute Gasteiger partial charge is 0.456 e. The summed E-state index contributed by atoms with van der Waals surface area (Å²) in [5.41, 5.74) is 8.35.